The Morgan fingerprint density at radius 2 is 1.84 bits per heavy atom. The van der Waals surface area contributed by atoms with E-state index in [2.05, 4.69) is 0 Å². The number of phenolic OH excluding ortho intramolecular Hbond substituents is 1. The van der Waals surface area contributed by atoms with Crippen LogP contribution in [0.25, 0.3) is 0 Å². The molecule has 0 fully saturated rings. The summed E-state index contributed by atoms with van der Waals surface area (Å²) in [5, 5.41) is 29.6. The number of ketones is 1. The van der Waals surface area contributed by atoms with E-state index in [4.69, 9.17) is 33.0 Å². The lowest BCUT2D eigenvalue weighted by Crippen LogP contribution is -2.25. The van der Waals surface area contributed by atoms with E-state index in [0.29, 0.717) is 29.7 Å². The molecule has 0 saturated heterocycles. The Morgan fingerprint density at radius 3 is 2.44 bits per heavy atom. The van der Waals surface area contributed by atoms with Crippen molar-refractivity contribution in [2.45, 2.75) is 44.1 Å². The van der Waals surface area contributed by atoms with Gasteiger partial charge in [0.2, 0.25) is 0 Å². The molecule has 0 spiro atoms. The van der Waals surface area contributed by atoms with Crippen molar-refractivity contribution in [2.24, 2.45) is 0 Å². The van der Waals surface area contributed by atoms with Crippen molar-refractivity contribution in [1.29, 1.82) is 0 Å². The fourth-order valence-corrected chi connectivity index (χ4v) is 4.95. The molecule has 0 aliphatic rings. The lowest BCUT2D eigenvalue weighted by Gasteiger charge is -2.17. The summed E-state index contributed by atoms with van der Waals surface area (Å²) in [6, 6.07) is 5.88. The molecule has 0 heterocycles. The first-order valence-corrected chi connectivity index (χ1v) is 11.9. The molecule has 0 amide bonds. The van der Waals surface area contributed by atoms with E-state index in [1.54, 1.807) is 6.07 Å². The Labute approximate surface area is 198 Å². The minimum absolute atomic E-state index is 0.0101. The largest absolute Gasteiger partial charge is 0.507 e. The van der Waals surface area contributed by atoms with E-state index in [1.807, 2.05) is 6.92 Å². The smallest absolute Gasteiger partial charge is 0.307 e. The Kier molecular flexibility index (Phi) is 9.51. The van der Waals surface area contributed by atoms with Crippen LogP contribution >= 0.6 is 23.2 Å². The van der Waals surface area contributed by atoms with Crippen LogP contribution in [0.4, 0.5) is 0 Å². The first-order chi connectivity index (χ1) is 15.1. The van der Waals surface area contributed by atoms with Crippen LogP contribution in [0.15, 0.2) is 29.2 Å². The Hall–Kier alpha value is -2.13. The number of carboxylic acids is 1. The fraction of sp³-hybridized carbons (Fsp3) is 0.364. The van der Waals surface area contributed by atoms with E-state index < -0.39 is 22.9 Å². The van der Waals surface area contributed by atoms with Gasteiger partial charge >= 0.3 is 5.97 Å². The maximum atomic E-state index is 12.7. The number of phenols is 1. The molecule has 0 radical (unpaired) electrons. The molecule has 2 rings (SSSR count). The Bertz CT molecular complexity index is 1040. The number of hydrogen-bond acceptors (Lipinski definition) is 6. The lowest BCUT2D eigenvalue weighted by atomic mass is 10.0. The quantitative estimate of drug-likeness (QED) is 0.396. The molecule has 2 aromatic carbocycles. The zero-order valence-electron chi connectivity index (χ0n) is 17.6. The predicted molar refractivity (Wildman–Crippen MR) is 123 cm³/mol. The second-order valence-electron chi connectivity index (χ2n) is 7.14. The van der Waals surface area contributed by atoms with E-state index in [-0.39, 0.29) is 50.8 Å². The number of carbonyl (C=O) groups excluding carboxylic acids is 1. The van der Waals surface area contributed by atoms with Crippen molar-refractivity contribution < 1.29 is 33.9 Å². The molecular formula is C22H24Cl2O7S. The van der Waals surface area contributed by atoms with Gasteiger partial charge < -0.3 is 20.1 Å². The summed E-state index contributed by atoms with van der Waals surface area (Å²) in [7, 11) is -1.73. The van der Waals surface area contributed by atoms with Crippen LogP contribution in [0.2, 0.25) is 10.0 Å². The molecule has 7 nitrogen and oxygen atoms in total. The molecule has 32 heavy (non-hydrogen) atoms. The molecule has 2 unspecified atom stereocenters. The van der Waals surface area contributed by atoms with Crippen LogP contribution in [0, 0.1) is 0 Å². The number of aliphatic hydroxyl groups is 1. The molecule has 0 saturated carbocycles. The normalized spacial score (nSPS) is 12.9. The lowest BCUT2D eigenvalue weighted by molar-refractivity contribution is -0.136. The van der Waals surface area contributed by atoms with Gasteiger partial charge in [-0.15, -0.1) is 0 Å². The second-order valence-corrected chi connectivity index (χ2v) is 9.36. The van der Waals surface area contributed by atoms with Gasteiger partial charge in [0.1, 0.15) is 18.1 Å². The van der Waals surface area contributed by atoms with Crippen molar-refractivity contribution in [2.75, 3.05) is 12.4 Å². The maximum Gasteiger partial charge on any atom is 0.307 e. The highest BCUT2D eigenvalue weighted by Crippen LogP contribution is 2.34. The highest BCUT2D eigenvalue weighted by molar-refractivity contribution is 7.85. The minimum atomic E-state index is -1.73. The van der Waals surface area contributed by atoms with Crippen LogP contribution in [0.3, 0.4) is 0 Å². The third-order valence-electron chi connectivity index (χ3n) is 4.61. The summed E-state index contributed by atoms with van der Waals surface area (Å²) in [6.07, 6.45) is -0.276. The van der Waals surface area contributed by atoms with Crippen LogP contribution < -0.4 is 4.74 Å². The number of halogens is 2. The van der Waals surface area contributed by atoms with E-state index in [0.717, 1.165) is 0 Å². The number of aliphatic carboxylic acids is 1. The van der Waals surface area contributed by atoms with Crippen LogP contribution in [0.1, 0.15) is 41.8 Å². The maximum absolute atomic E-state index is 12.7. The Morgan fingerprint density at radius 1 is 1.16 bits per heavy atom. The number of aromatic hydroxyl groups is 1. The van der Waals surface area contributed by atoms with Gasteiger partial charge in [0.25, 0.3) is 0 Å². The summed E-state index contributed by atoms with van der Waals surface area (Å²) >= 11 is 12.3. The van der Waals surface area contributed by atoms with E-state index >= 15 is 0 Å². The molecule has 2 aromatic rings. The van der Waals surface area contributed by atoms with Gasteiger partial charge in [-0.25, -0.2) is 0 Å². The zero-order valence-corrected chi connectivity index (χ0v) is 19.9. The number of benzene rings is 2. The summed E-state index contributed by atoms with van der Waals surface area (Å²) in [4.78, 5) is 22.7. The third kappa shape index (κ3) is 6.45. The number of ether oxygens (including phenoxy) is 1. The van der Waals surface area contributed by atoms with Crippen LogP contribution in [-0.4, -0.2) is 49.7 Å². The number of carboxylic acid groups (broad SMARTS) is 1. The molecule has 0 aromatic heterocycles. The van der Waals surface area contributed by atoms with Gasteiger partial charge in [-0.05, 0) is 37.1 Å². The van der Waals surface area contributed by atoms with Crippen molar-refractivity contribution in [3.8, 4) is 11.5 Å². The van der Waals surface area contributed by atoms with Crippen molar-refractivity contribution >= 4 is 45.8 Å². The van der Waals surface area contributed by atoms with Gasteiger partial charge in [0, 0.05) is 5.56 Å². The van der Waals surface area contributed by atoms with Crippen molar-refractivity contribution in [3.63, 3.8) is 0 Å². The van der Waals surface area contributed by atoms with Gasteiger partial charge in [-0.2, -0.15) is 0 Å². The molecular weight excluding hydrogens is 479 g/mol. The number of Topliss-reactive ketones (excluding diaryl/α,β-unsaturated/α-hetero) is 1. The zero-order chi connectivity index (χ0) is 24.0. The second kappa shape index (κ2) is 11.7. The number of rotatable bonds is 11. The number of aliphatic hydroxyl groups excluding tert-OH is 1. The molecule has 0 bridgehead atoms. The average Bonchev–Trinajstić information content (AvgIpc) is 2.71. The molecule has 2 atom stereocenters. The Balaban J connectivity index is 2.10. The summed E-state index contributed by atoms with van der Waals surface area (Å²) in [5.74, 6) is -1.35. The number of hydrogen-bond donors (Lipinski definition) is 3. The first-order valence-electron chi connectivity index (χ1n) is 9.80. The first kappa shape index (κ1) is 26.1. The molecule has 0 aliphatic heterocycles. The van der Waals surface area contributed by atoms with Gasteiger partial charge in [0.05, 0.1) is 49.6 Å². The molecule has 10 heteroatoms. The topological polar surface area (TPSA) is 121 Å². The van der Waals surface area contributed by atoms with E-state index in [9.17, 15) is 24.0 Å². The highest BCUT2D eigenvalue weighted by atomic mass is 35.5. The summed E-state index contributed by atoms with van der Waals surface area (Å²) in [5.41, 5.74) is 0.962. The minimum Gasteiger partial charge on any atom is -0.507 e. The van der Waals surface area contributed by atoms with Gasteiger partial charge in [-0.1, -0.05) is 42.6 Å². The van der Waals surface area contributed by atoms with Crippen LogP contribution in [0.5, 0.6) is 11.5 Å². The van der Waals surface area contributed by atoms with Gasteiger partial charge in [-0.3, -0.25) is 13.8 Å². The third-order valence-corrected chi connectivity index (χ3v) is 7.16. The standard InChI is InChI=1S/C22H24Cl2O7S/c1-3-4-16-17(7-6-15(12(2)25)22(16)29)31-10-14(26)11-32(30)18-8-5-13(9-19(27)28)20(23)21(18)24/h5-8,14,26,29H,3-4,9-11H2,1-2H3,(H,27,28). The van der Waals surface area contributed by atoms with Crippen molar-refractivity contribution in [3.05, 3.63) is 51.0 Å². The van der Waals surface area contributed by atoms with Gasteiger partial charge in [0.15, 0.2) is 5.78 Å². The van der Waals surface area contributed by atoms with Crippen LogP contribution in [-0.2, 0) is 28.4 Å². The summed E-state index contributed by atoms with van der Waals surface area (Å²) in [6.45, 7) is 3.07. The molecule has 0 aliphatic carbocycles. The monoisotopic (exact) mass is 502 g/mol. The summed E-state index contributed by atoms with van der Waals surface area (Å²) < 4.78 is 18.3. The molecule has 3 N–H and O–H groups in total. The number of carbonyl (C=O) groups is 2. The highest BCUT2D eigenvalue weighted by Gasteiger charge is 2.20. The average molecular weight is 503 g/mol. The fourth-order valence-electron chi connectivity index (χ4n) is 3.07. The predicted octanol–water partition coefficient (Wildman–Crippen LogP) is 4.03. The van der Waals surface area contributed by atoms with E-state index in [1.165, 1.54) is 25.1 Å². The SMILES string of the molecule is CCCc1c(OCC(O)CS(=O)c2ccc(CC(=O)O)c(Cl)c2Cl)ccc(C(C)=O)c1O. The molecule has 174 valence electrons. The van der Waals surface area contributed by atoms with Crippen molar-refractivity contribution in [1.82, 2.24) is 0 Å².